The summed E-state index contributed by atoms with van der Waals surface area (Å²) < 4.78 is 14.4. The summed E-state index contributed by atoms with van der Waals surface area (Å²) in [6.07, 6.45) is 19.8. The van der Waals surface area contributed by atoms with Crippen LogP contribution in [0.3, 0.4) is 0 Å². The third kappa shape index (κ3) is 39.6. The van der Waals surface area contributed by atoms with Crippen molar-refractivity contribution in [1.29, 1.82) is 0 Å². The van der Waals surface area contributed by atoms with E-state index in [2.05, 4.69) is 28.9 Å². The molecular formula is C20H44ClNNaO5P. The second-order valence-electron chi connectivity index (χ2n) is 6.79. The summed E-state index contributed by atoms with van der Waals surface area (Å²) in [7, 11) is -0.919. The number of phosphoric acid groups is 1. The number of hydrogen-bond donors (Lipinski definition) is 3. The Morgan fingerprint density at radius 1 is 0.862 bits per heavy atom. The molecule has 0 rings (SSSR count). The zero-order valence-electron chi connectivity index (χ0n) is 18.0. The molecule has 3 N–H and O–H groups in total. The molecule has 0 bridgehead atoms. The first-order valence-corrected chi connectivity index (χ1v) is 11.9. The van der Waals surface area contributed by atoms with Crippen LogP contribution in [-0.2, 0) is 13.9 Å². The summed E-state index contributed by atoms with van der Waals surface area (Å²) in [6.45, 7) is 2.24. The van der Waals surface area contributed by atoms with Gasteiger partial charge >= 0.3 is 43.3 Å². The number of unbranched alkanes of at least 4 members (excludes halogenated alkanes) is 11. The average molecular weight is 468 g/mol. The molecule has 0 aliphatic carbocycles. The maximum atomic E-state index is 11.1. The van der Waals surface area contributed by atoms with E-state index in [0.717, 1.165) is 32.1 Å². The van der Waals surface area contributed by atoms with E-state index in [4.69, 9.17) is 9.79 Å². The summed E-state index contributed by atoms with van der Waals surface area (Å²) >= 11 is 0. The van der Waals surface area contributed by atoms with Crippen molar-refractivity contribution in [1.82, 2.24) is 5.32 Å². The molecule has 0 saturated carbocycles. The van der Waals surface area contributed by atoms with Crippen LogP contribution in [-0.4, -0.2) is 59.4 Å². The zero-order chi connectivity index (χ0) is 20.8. The third-order valence-corrected chi connectivity index (χ3v) is 4.30. The molecule has 0 aliphatic heterocycles. The summed E-state index contributed by atoms with van der Waals surface area (Å²) in [6, 6.07) is 0. The second kappa shape index (κ2) is 28.6. The minimum absolute atomic E-state index is 0. The van der Waals surface area contributed by atoms with Crippen molar-refractivity contribution in [3.05, 3.63) is 12.2 Å². The summed E-state index contributed by atoms with van der Waals surface area (Å²) in [4.78, 5) is 28.0. The average Bonchev–Trinajstić information content (AvgIpc) is 2.57. The molecule has 0 spiro atoms. The van der Waals surface area contributed by atoms with E-state index in [0.29, 0.717) is 6.42 Å². The Kier molecular flexibility index (Phi) is 36.5. The van der Waals surface area contributed by atoms with Crippen LogP contribution >= 0.6 is 20.2 Å². The molecule has 0 radical (unpaired) electrons. The topological polar surface area (TPSA) is 95.9 Å². The molecule has 0 aromatic heterocycles. The first-order valence-electron chi connectivity index (χ1n) is 10.4. The number of hydrogen-bond acceptors (Lipinski definition) is 4. The zero-order valence-corrected chi connectivity index (χ0v) is 19.7. The third-order valence-electron chi connectivity index (χ3n) is 3.86. The van der Waals surface area contributed by atoms with Crippen LogP contribution in [0, 0.1) is 0 Å². The maximum absolute atomic E-state index is 11.1. The molecule has 0 atom stereocenters. The fraction of sp³-hybridized carbons (Fsp3) is 0.850. The number of carbonyl (C=O) groups excluding carboxylic acids is 1. The van der Waals surface area contributed by atoms with Crippen molar-refractivity contribution in [2.45, 2.75) is 96.8 Å². The van der Waals surface area contributed by atoms with Gasteiger partial charge in [0.1, 0.15) is 0 Å². The molecule has 29 heavy (non-hydrogen) atoms. The SMILES string of the molecule is CCCCCCCC/C=C\CCCCCCCC(=O)OP(=O)(O)O.CNC.Cl.[NaH]. The Hall–Kier alpha value is 0.610. The van der Waals surface area contributed by atoms with E-state index in [1.807, 2.05) is 14.1 Å². The number of rotatable bonds is 16. The van der Waals surface area contributed by atoms with Gasteiger partial charge in [-0.1, -0.05) is 70.4 Å². The molecule has 9 heteroatoms. The molecule has 0 aromatic rings. The summed E-state index contributed by atoms with van der Waals surface area (Å²) in [5.74, 6) is -0.819. The van der Waals surface area contributed by atoms with Crippen LogP contribution in [0.15, 0.2) is 12.2 Å². The first-order chi connectivity index (χ1) is 12.9. The number of halogens is 1. The molecule has 0 heterocycles. The molecule has 172 valence electrons. The minimum atomic E-state index is -4.67. The van der Waals surface area contributed by atoms with Gasteiger partial charge in [-0.05, 0) is 46.2 Å². The number of phosphoric ester groups is 1. The molecule has 6 nitrogen and oxygen atoms in total. The Morgan fingerprint density at radius 2 is 1.24 bits per heavy atom. The van der Waals surface area contributed by atoms with Gasteiger partial charge in [-0.3, -0.25) is 14.6 Å². The van der Waals surface area contributed by atoms with Gasteiger partial charge in [0, 0.05) is 6.42 Å². The number of nitrogens with one attached hydrogen (secondary N) is 1. The van der Waals surface area contributed by atoms with E-state index in [-0.39, 0.29) is 48.4 Å². The molecule has 0 amide bonds. The number of carbonyl (C=O) groups is 1. The van der Waals surface area contributed by atoms with Gasteiger partial charge in [0.25, 0.3) is 0 Å². The quantitative estimate of drug-likeness (QED) is 0.124. The van der Waals surface area contributed by atoms with Crippen molar-refractivity contribution in [3.63, 3.8) is 0 Å². The monoisotopic (exact) mass is 467 g/mol. The molecular weight excluding hydrogens is 424 g/mol. The Morgan fingerprint density at radius 3 is 1.66 bits per heavy atom. The van der Waals surface area contributed by atoms with Gasteiger partial charge in [0.2, 0.25) is 0 Å². The van der Waals surface area contributed by atoms with Crippen LogP contribution in [0.5, 0.6) is 0 Å². The van der Waals surface area contributed by atoms with Crippen molar-refractivity contribution in [3.8, 4) is 0 Å². The van der Waals surface area contributed by atoms with Crippen molar-refractivity contribution >= 4 is 55.8 Å². The van der Waals surface area contributed by atoms with Gasteiger partial charge in [-0.15, -0.1) is 12.4 Å². The summed E-state index contributed by atoms with van der Waals surface area (Å²) in [5, 5.41) is 2.75. The van der Waals surface area contributed by atoms with Crippen molar-refractivity contribution in [2.24, 2.45) is 0 Å². The van der Waals surface area contributed by atoms with E-state index in [1.165, 1.54) is 44.9 Å². The van der Waals surface area contributed by atoms with Gasteiger partial charge in [0.15, 0.2) is 0 Å². The Labute approximate surface area is 207 Å². The number of allylic oxidation sites excluding steroid dienone is 2. The van der Waals surface area contributed by atoms with Gasteiger partial charge < -0.3 is 9.84 Å². The van der Waals surface area contributed by atoms with Crippen LogP contribution in [0.4, 0.5) is 0 Å². The fourth-order valence-electron chi connectivity index (χ4n) is 2.52. The van der Waals surface area contributed by atoms with E-state index in [1.54, 1.807) is 0 Å². The molecule has 0 unspecified atom stereocenters. The molecule has 0 aliphatic rings. The van der Waals surface area contributed by atoms with Crippen LogP contribution in [0.1, 0.15) is 96.8 Å². The van der Waals surface area contributed by atoms with Crippen molar-refractivity contribution in [2.75, 3.05) is 14.1 Å². The first kappa shape index (κ1) is 37.0. The predicted octanol–water partition coefficient (Wildman–Crippen LogP) is 5.27. The van der Waals surface area contributed by atoms with Crippen LogP contribution in [0.2, 0.25) is 0 Å². The van der Waals surface area contributed by atoms with Crippen LogP contribution < -0.4 is 5.32 Å². The van der Waals surface area contributed by atoms with Gasteiger partial charge in [-0.2, -0.15) is 0 Å². The Balaban J connectivity index is -0.000000585. The standard InChI is InChI=1S/C18H35O5P.C2H7N.ClH.Na.H/c1-2-3-4-5-6-7-8-9-10-11-12-13-14-15-16-17-18(19)23-24(20,21)22;1-3-2;;;/h9-10H,2-8,11-17H2,1H3,(H2,20,21,22);3H,1-2H3;1H;;/b10-9-;;;;. The van der Waals surface area contributed by atoms with Crippen LogP contribution in [0.25, 0.3) is 0 Å². The van der Waals surface area contributed by atoms with E-state index < -0.39 is 13.8 Å². The Bertz CT molecular complexity index is 408. The van der Waals surface area contributed by atoms with E-state index >= 15 is 0 Å². The van der Waals surface area contributed by atoms with Crippen molar-refractivity contribution < 1.29 is 23.7 Å². The van der Waals surface area contributed by atoms with E-state index in [9.17, 15) is 9.36 Å². The summed E-state index contributed by atoms with van der Waals surface area (Å²) in [5.41, 5.74) is 0. The molecule has 0 fully saturated rings. The van der Waals surface area contributed by atoms with Gasteiger partial charge in [0.05, 0.1) is 0 Å². The fourth-order valence-corrected chi connectivity index (χ4v) is 2.87. The molecule has 0 aromatic carbocycles. The molecule has 0 saturated heterocycles. The normalized spacial score (nSPS) is 10.5. The predicted molar refractivity (Wildman–Crippen MR) is 127 cm³/mol. The van der Waals surface area contributed by atoms with Gasteiger partial charge in [-0.25, -0.2) is 4.57 Å². The second-order valence-corrected chi connectivity index (χ2v) is 7.95.